The first-order valence-electron chi connectivity index (χ1n) is 7.51. The van der Waals surface area contributed by atoms with Crippen molar-refractivity contribution < 1.29 is 9.90 Å². The average molecular weight is 311 g/mol. The molecule has 116 valence electrons. The Morgan fingerprint density at radius 1 is 1.38 bits per heavy atom. The maximum atomic E-state index is 12.3. The molecule has 0 aromatic carbocycles. The van der Waals surface area contributed by atoms with Crippen LogP contribution in [-0.2, 0) is 4.79 Å². The van der Waals surface area contributed by atoms with Crippen LogP contribution in [0.4, 0.5) is 0 Å². The molecule has 21 heavy (non-hydrogen) atoms. The zero-order valence-electron chi connectivity index (χ0n) is 12.2. The minimum Gasteiger partial charge on any atom is -0.391 e. The molecule has 0 bridgehead atoms. The van der Waals surface area contributed by atoms with Gasteiger partial charge in [-0.2, -0.15) is 0 Å². The summed E-state index contributed by atoms with van der Waals surface area (Å²) in [7, 11) is 1.78. The van der Waals surface area contributed by atoms with Gasteiger partial charge in [0.25, 0.3) is 0 Å². The molecule has 2 aliphatic rings. The van der Waals surface area contributed by atoms with Gasteiger partial charge in [0.05, 0.1) is 23.9 Å². The van der Waals surface area contributed by atoms with Crippen molar-refractivity contribution in [2.75, 3.05) is 12.8 Å². The maximum Gasteiger partial charge on any atom is 0.233 e. The van der Waals surface area contributed by atoms with Crippen LogP contribution in [0.3, 0.4) is 0 Å². The molecule has 2 fully saturated rings. The molecule has 1 amide bonds. The van der Waals surface area contributed by atoms with Crippen LogP contribution in [0.1, 0.15) is 44.6 Å². The van der Waals surface area contributed by atoms with Crippen molar-refractivity contribution in [2.24, 2.45) is 0 Å². The zero-order chi connectivity index (χ0) is 14.8. The lowest BCUT2D eigenvalue weighted by atomic mass is 9.91. The summed E-state index contributed by atoms with van der Waals surface area (Å²) in [6.45, 7) is 0. The number of amides is 1. The van der Waals surface area contributed by atoms with Crippen LogP contribution in [0, 0.1) is 0 Å². The van der Waals surface area contributed by atoms with Crippen molar-refractivity contribution in [2.45, 2.75) is 61.9 Å². The smallest absolute Gasteiger partial charge is 0.233 e. The lowest BCUT2D eigenvalue weighted by Gasteiger charge is -2.35. The number of aromatic nitrogens is 4. The Hall–Kier alpha value is -1.15. The highest BCUT2D eigenvalue weighted by atomic mass is 32.2. The Balaban J connectivity index is 1.54. The Morgan fingerprint density at radius 3 is 2.86 bits per heavy atom. The minimum atomic E-state index is -0.394. The number of rotatable bonds is 5. The number of tetrazole rings is 1. The molecule has 0 saturated heterocycles. The number of hydrogen-bond donors (Lipinski definition) is 1. The van der Waals surface area contributed by atoms with Crippen LogP contribution >= 0.6 is 11.8 Å². The average Bonchev–Trinajstić information content (AvgIpc) is 3.23. The van der Waals surface area contributed by atoms with Crippen molar-refractivity contribution in [3.63, 3.8) is 0 Å². The van der Waals surface area contributed by atoms with Crippen molar-refractivity contribution in [3.05, 3.63) is 0 Å². The quantitative estimate of drug-likeness (QED) is 0.812. The van der Waals surface area contributed by atoms with Crippen LogP contribution in [0.2, 0.25) is 0 Å². The summed E-state index contributed by atoms with van der Waals surface area (Å²) in [4.78, 5) is 14.0. The molecule has 1 aromatic rings. The molecule has 2 aliphatic carbocycles. The molecule has 8 heteroatoms. The Bertz CT molecular complexity index is 505. The number of carbonyl (C=O) groups excluding carboxylic acids is 1. The standard InChI is InChI=1S/C13H21N5O2S/c1-17(10-4-2-3-5-11(10)19)12(20)8-21-13-14-15-16-18(13)9-6-7-9/h9-11,19H,2-8H2,1H3. The van der Waals surface area contributed by atoms with Crippen LogP contribution in [0.5, 0.6) is 0 Å². The van der Waals surface area contributed by atoms with Crippen LogP contribution in [-0.4, -0.2) is 61.1 Å². The Morgan fingerprint density at radius 2 is 2.14 bits per heavy atom. The molecule has 1 N–H and O–H groups in total. The zero-order valence-corrected chi connectivity index (χ0v) is 13.0. The number of nitrogens with zero attached hydrogens (tertiary/aromatic N) is 5. The summed E-state index contributed by atoms with van der Waals surface area (Å²) in [5.41, 5.74) is 0. The van der Waals surface area contributed by atoms with Gasteiger partial charge >= 0.3 is 0 Å². The number of likely N-dealkylation sites (N-methyl/N-ethyl adjacent to an activating group) is 1. The maximum absolute atomic E-state index is 12.3. The van der Waals surface area contributed by atoms with E-state index in [1.807, 2.05) is 4.68 Å². The highest BCUT2D eigenvalue weighted by molar-refractivity contribution is 7.99. The van der Waals surface area contributed by atoms with Gasteiger partial charge in [0.15, 0.2) is 0 Å². The van der Waals surface area contributed by atoms with Crippen molar-refractivity contribution in [3.8, 4) is 0 Å². The molecular weight excluding hydrogens is 290 g/mol. The Kier molecular flexibility index (Phi) is 4.44. The predicted octanol–water partition coefficient (Wildman–Crippen LogP) is 0.862. The second kappa shape index (κ2) is 6.31. The first-order chi connectivity index (χ1) is 10.2. The van der Waals surface area contributed by atoms with Gasteiger partial charge in [-0.05, 0) is 36.1 Å². The van der Waals surface area contributed by atoms with Gasteiger partial charge in [0, 0.05) is 7.05 Å². The first-order valence-corrected chi connectivity index (χ1v) is 8.50. The van der Waals surface area contributed by atoms with Gasteiger partial charge in [-0.1, -0.05) is 24.6 Å². The SMILES string of the molecule is CN(C(=O)CSc1nnnn1C1CC1)C1CCCCC1O. The van der Waals surface area contributed by atoms with E-state index in [0.29, 0.717) is 17.0 Å². The monoisotopic (exact) mass is 311 g/mol. The number of hydrogen-bond acceptors (Lipinski definition) is 6. The predicted molar refractivity (Wildman–Crippen MR) is 77.8 cm³/mol. The van der Waals surface area contributed by atoms with Crippen molar-refractivity contribution in [1.29, 1.82) is 0 Å². The molecule has 0 spiro atoms. The molecule has 2 atom stereocenters. The third-order valence-electron chi connectivity index (χ3n) is 4.26. The first kappa shape index (κ1) is 14.8. The van der Waals surface area contributed by atoms with Crippen LogP contribution in [0.25, 0.3) is 0 Å². The van der Waals surface area contributed by atoms with Gasteiger partial charge in [-0.15, -0.1) is 5.10 Å². The molecule has 2 unspecified atom stereocenters. The molecule has 0 aliphatic heterocycles. The van der Waals surface area contributed by atoms with Gasteiger partial charge in [0.2, 0.25) is 11.1 Å². The van der Waals surface area contributed by atoms with Gasteiger partial charge in [-0.3, -0.25) is 4.79 Å². The van der Waals surface area contributed by atoms with E-state index < -0.39 is 6.10 Å². The summed E-state index contributed by atoms with van der Waals surface area (Å²) >= 11 is 1.38. The number of aliphatic hydroxyl groups excluding tert-OH is 1. The minimum absolute atomic E-state index is 0.0243. The number of thioether (sulfide) groups is 1. The van der Waals surface area contributed by atoms with Gasteiger partial charge in [-0.25, -0.2) is 4.68 Å². The summed E-state index contributed by atoms with van der Waals surface area (Å²) in [5, 5.41) is 22.4. The third-order valence-corrected chi connectivity index (χ3v) is 5.18. The molecular formula is C13H21N5O2S. The van der Waals surface area contributed by atoms with Gasteiger partial charge < -0.3 is 10.0 Å². The highest BCUT2D eigenvalue weighted by Crippen LogP contribution is 2.36. The summed E-state index contributed by atoms with van der Waals surface area (Å²) < 4.78 is 1.81. The van der Waals surface area contributed by atoms with Crippen molar-refractivity contribution in [1.82, 2.24) is 25.1 Å². The molecule has 3 rings (SSSR count). The van der Waals surface area contributed by atoms with Crippen molar-refractivity contribution >= 4 is 17.7 Å². The normalized spacial score (nSPS) is 25.8. The second-order valence-electron chi connectivity index (χ2n) is 5.85. The van der Waals surface area contributed by atoms with E-state index in [1.165, 1.54) is 11.8 Å². The third kappa shape index (κ3) is 3.37. The van der Waals surface area contributed by atoms with E-state index >= 15 is 0 Å². The lowest BCUT2D eigenvalue weighted by molar-refractivity contribution is -0.132. The fraction of sp³-hybridized carbons (Fsp3) is 0.846. The topological polar surface area (TPSA) is 84.1 Å². The molecule has 1 heterocycles. The van der Waals surface area contributed by atoms with E-state index in [4.69, 9.17) is 0 Å². The fourth-order valence-electron chi connectivity index (χ4n) is 2.79. The second-order valence-corrected chi connectivity index (χ2v) is 6.79. The molecule has 2 saturated carbocycles. The summed E-state index contributed by atoms with van der Waals surface area (Å²) in [6.07, 6.45) is 5.62. The molecule has 1 aromatic heterocycles. The number of aliphatic hydroxyl groups is 1. The van der Waals surface area contributed by atoms with Crippen LogP contribution < -0.4 is 0 Å². The van der Waals surface area contributed by atoms with E-state index in [9.17, 15) is 9.90 Å². The van der Waals surface area contributed by atoms with E-state index in [0.717, 1.165) is 38.5 Å². The fourth-order valence-corrected chi connectivity index (χ4v) is 3.65. The number of carbonyl (C=O) groups is 1. The summed E-state index contributed by atoms with van der Waals surface area (Å²) in [5.74, 6) is 0.337. The summed E-state index contributed by atoms with van der Waals surface area (Å²) in [6, 6.07) is 0.363. The van der Waals surface area contributed by atoms with Gasteiger partial charge in [0.1, 0.15) is 0 Å². The van der Waals surface area contributed by atoms with Crippen LogP contribution in [0.15, 0.2) is 5.16 Å². The van der Waals surface area contributed by atoms with E-state index in [-0.39, 0.29) is 11.9 Å². The molecule has 7 nitrogen and oxygen atoms in total. The largest absolute Gasteiger partial charge is 0.391 e. The van der Waals surface area contributed by atoms with E-state index in [2.05, 4.69) is 15.5 Å². The lowest BCUT2D eigenvalue weighted by Crippen LogP contribution is -2.46. The highest BCUT2D eigenvalue weighted by Gasteiger charge is 2.31. The van der Waals surface area contributed by atoms with E-state index in [1.54, 1.807) is 11.9 Å². The molecule has 0 radical (unpaired) electrons. The Labute approximate surface area is 128 Å².